The molecule has 2 aromatic heterocycles. The molecule has 0 aliphatic rings. The zero-order valence-corrected chi connectivity index (χ0v) is 13.9. The third-order valence-electron chi connectivity index (χ3n) is 4.38. The van der Waals surface area contributed by atoms with Crippen LogP contribution in [0.15, 0.2) is 30.6 Å². The lowest BCUT2D eigenvalue weighted by Crippen LogP contribution is -2.02. The summed E-state index contributed by atoms with van der Waals surface area (Å²) >= 11 is 0. The number of aliphatic hydroxyl groups excluding tert-OH is 1. The summed E-state index contributed by atoms with van der Waals surface area (Å²) in [5, 5.41) is 19.6. The van der Waals surface area contributed by atoms with E-state index in [0.717, 1.165) is 39.8 Å². The molecule has 0 atom stereocenters. The Morgan fingerprint density at radius 1 is 1.25 bits per heavy atom. The van der Waals surface area contributed by atoms with Crippen LogP contribution in [-0.2, 0) is 6.54 Å². The molecule has 0 radical (unpaired) electrons. The van der Waals surface area contributed by atoms with Crippen LogP contribution >= 0.6 is 0 Å². The van der Waals surface area contributed by atoms with Crippen LogP contribution in [0.3, 0.4) is 0 Å². The number of nitriles is 1. The Labute approximate surface area is 141 Å². The first kappa shape index (κ1) is 16.0. The van der Waals surface area contributed by atoms with E-state index in [2.05, 4.69) is 22.5 Å². The highest BCUT2D eigenvalue weighted by atomic mass is 16.3. The second-order valence-electron chi connectivity index (χ2n) is 5.99. The Morgan fingerprint density at radius 2 is 2.04 bits per heavy atom. The number of hydrogen-bond acceptors (Lipinski definition) is 4. The van der Waals surface area contributed by atoms with Crippen LogP contribution in [0.4, 0.5) is 5.69 Å². The molecule has 5 nitrogen and oxygen atoms in total. The van der Waals surface area contributed by atoms with Crippen LogP contribution in [0, 0.1) is 25.2 Å². The maximum absolute atomic E-state index is 9.38. The van der Waals surface area contributed by atoms with Crippen molar-refractivity contribution in [1.29, 1.82) is 5.26 Å². The highest BCUT2D eigenvalue weighted by molar-refractivity contribution is 5.99. The lowest BCUT2D eigenvalue weighted by atomic mass is 10.00. The molecule has 3 rings (SSSR count). The SMILES string of the molecule is Cc1cc2c(cc1C#N)c(-c1cncc(N)c1)c(C)n2CCCO. The minimum Gasteiger partial charge on any atom is -0.397 e. The Morgan fingerprint density at radius 3 is 2.71 bits per heavy atom. The van der Waals surface area contributed by atoms with Crippen molar-refractivity contribution in [2.75, 3.05) is 12.3 Å². The molecule has 3 N–H and O–H groups in total. The normalized spacial score (nSPS) is 10.9. The first-order chi connectivity index (χ1) is 11.6. The molecule has 0 saturated carbocycles. The first-order valence-electron chi connectivity index (χ1n) is 7.92. The second-order valence-corrected chi connectivity index (χ2v) is 5.99. The molecule has 3 aromatic rings. The molecular weight excluding hydrogens is 300 g/mol. The fourth-order valence-electron chi connectivity index (χ4n) is 3.22. The van der Waals surface area contributed by atoms with E-state index in [0.29, 0.717) is 17.7 Å². The Kier molecular flexibility index (Phi) is 4.24. The van der Waals surface area contributed by atoms with Gasteiger partial charge in [0.1, 0.15) is 0 Å². The molecule has 5 heteroatoms. The van der Waals surface area contributed by atoms with Gasteiger partial charge in [0, 0.05) is 53.3 Å². The van der Waals surface area contributed by atoms with Gasteiger partial charge in [-0.15, -0.1) is 0 Å². The van der Waals surface area contributed by atoms with Crippen molar-refractivity contribution in [3.63, 3.8) is 0 Å². The number of pyridine rings is 1. The van der Waals surface area contributed by atoms with Gasteiger partial charge in [-0.25, -0.2) is 0 Å². The van der Waals surface area contributed by atoms with Gasteiger partial charge in [0.15, 0.2) is 0 Å². The molecule has 2 heterocycles. The van der Waals surface area contributed by atoms with Crippen molar-refractivity contribution in [3.05, 3.63) is 47.4 Å². The van der Waals surface area contributed by atoms with E-state index in [1.165, 1.54) is 0 Å². The van der Waals surface area contributed by atoms with Gasteiger partial charge in [0.2, 0.25) is 0 Å². The third-order valence-corrected chi connectivity index (χ3v) is 4.38. The van der Waals surface area contributed by atoms with E-state index in [9.17, 15) is 10.4 Å². The van der Waals surface area contributed by atoms with Gasteiger partial charge in [0.05, 0.1) is 17.3 Å². The average Bonchev–Trinajstić information content (AvgIpc) is 2.83. The lowest BCUT2D eigenvalue weighted by Gasteiger charge is -2.08. The molecule has 0 fully saturated rings. The van der Waals surface area contributed by atoms with Crippen molar-refractivity contribution in [2.24, 2.45) is 0 Å². The van der Waals surface area contributed by atoms with Gasteiger partial charge >= 0.3 is 0 Å². The van der Waals surface area contributed by atoms with E-state index < -0.39 is 0 Å². The quantitative estimate of drug-likeness (QED) is 0.773. The van der Waals surface area contributed by atoms with Crippen LogP contribution in [0.2, 0.25) is 0 Å². The second kappa shape index (κ2) is 6.34. The molecule has 0 amide bonds. The molecule has 0 unspecified atom stereocenters. The number of anilines is 1. The van der Waals surface area contributed by atoms with Crippen LogP contribution in [-0.4, -0.2) is 21.3 Å². The summed E-state index contributed by atoms with van der Waals surface area (Å²) in [5.41, 5.74) is 12.3. The molecule has 24 heavy (non-hydrogen) atoms. The number of rotatable bonds is 4. The van der Waals surface area contributed by atoms with E-state index in [-0.39, 0.29) is 6.61 Å². The first-order valence-corrected chi connectivity index (χ1v) is 7.92. The van der Waals surface area contributed by atoms with Gasteiger partial charge in [0.25, 0.3) is 0 Å². The smallest absolute Gasteiger partial charge is 0.0994 e. The number of aryl methyl sites for hydroxylation is 2. The zero-order valence-electron chi connectivity index (χ0n) is 13.9. The topological polar surface area (TPSA) is 87.9 Å². The fourth-order valence-corrected chi connectivity index (χ4v) is 3.22. The van der Waals surface area contributed by atoms with Crippen molar-refractivity contribution in [3.8, 4) is 17.2 Å². The summed E-state index contributed by atoms with van der Waals surface area (Å²) < 4.78 is 2.19. The summed E-state index contributed by atoms with van der Waals surface area (Å²) in [6.45, 7) is 4.86. The van der Waals surface area contributed by atoms with Gasteiger partial charge in [-0.3, -0.25) is 4.98 Å². The standard InChI is InChI=1S/C19H20N4O/c1-12-6-18-17(8-14(12)9-20)19(13(2)23(18)4-3-5-24)15-7-16(21)11-22-10-15/h6-8,10-11,24H,3-5,21H2,1-2H3. The van der Waals surface area contributed by atoms with Crippen molar-refractivity contribution < 1.29 is 5.11 Å². The minimum atomic E-state index is 0.142. The number of aromatic nitrogens is 2. The van der Waals surface area contributed by atoms with Crippen LogP contribution in [0.1, 0.15) is 23.2 Å². The number of hydrogen-bond donors (Lipinski definition) is 2. The predicted octanol–water partition coefficient (Wildman–Crippen LogP) is 3.16. The monoisotopic (exact) mass is 320 g/mol. The molecular formula is C19H20N4O. The average molecular weight is 320 g/mol. The van der Waals surface area contributed by atoms with E-state index in [4.69, 9.17) is 5.73 Å². The molecule has 0 spiro atoms. The van der Waals surface area contributed by atoms with Crippen LogP contribution in [0.5, 0.6) is 0 Å². The minimum absolute atomic E-state index is 0.142. The molecule has 0 bridgehead atoms. The van der Waals surface area contributed by atoms with Gasteiger partial charge in [-0.1, -0.05) is 0 Å². The summed E-state index contributed by atoms with van der Waals surface area (Å²) in [6.07, 6.45) is 4.09. The highest BCUT2D eigenvalue weighted by Crippen LogP contribution is 2.36. The number of benzene rings is 1. The lowest BCUT2D eigenvalue weighted by molar-refractivity contribution is 0.280. The van der Waals surface area contributed by atoms with E-state index >= 15 is 0 Å². The van der Waals surface area contributed by atoms with Gasteiger partial charge < -0.3 is 15.4 Å². The maximum Gasteiger partial charge on any atom is 0.0994 e. The van der Waals surface area contributed by atoms with Crippen LogP contribution in [0.25, 0.3) is 22.0 Å². The molecule has 1 aromatic carbocycles. The van der Waals surface area contributed by atoms with Crippen LogP contribution < -0.4 is 5.73 Å². The number of nitrogens with two attached hydrogens (primary N) is 1. The Hall–Kier alpha value is -2.84. The Bertz CT molecular complexity index is 950. The molecule has 0 saturated heterocycles. The van der Waals surface area contributed by atoms with Gasteiger partial charge in [-0.2, -0.15) is 5.26 Å². The summed E-state index contributed by atoms with van der Waals surface area (Å²) in [7, 11) is 0. The highest BCUT2D eigenvalue weighted by Gasteiger charge is 2.17. The summed E-state index contributed by atoms with van der Waals surface area (Å²) in [6, 6.07) is 8.14. The number of fused-ring (bicyclic) bond motifs is 1. The molecule has 0 aliphatic carbocycles. The van der Waals surface area contributed by atoms with Crippen molar-refractivity contribution in [1.82, 2.24) is 9.55 Å². The van der Waals surface area contributed by atoms with Gasteiger partial charge in [-0.05, 0) is 44.0 Å². The third kappa shape index (κ3) is 2.61. The maximum atomic E-state index is 9.38. The zero-order chi connectivity index (χ0) is 17.3. The number of aliphatic hydroxyl groups is 1. The summed E-state index contributed by atoms with van der Waals surface area (Å²) in [5.74, 6) is 0. The summed E-state index contributed by atoms with van der Waals surface area (Å²) in [4.78, 5) is 4.20. The number of nitrogens with zero attached hydrogens (tertiary/aromatic N) is 3. The van der Waals surface area contributed by atoms with E-state index in [1.54, 1.807) is 12.4 Å². The molecule has 122 valence electrons. The Balaban J connectivity index is 2.35. The largest absolute Gasteiger partial charge is 0.397 e. The van der Waals surface area contributed by atoms with E-state index in [1.807, 2.05) is 25.1 Å². The predicted molar refractivity (Wildman–Crippen MR) is 95.5 cm³/mol. The number of nitrogen functional groups attached to an aromatic ring is 1. The fraction of sp³-hybridized carbons (Fsp3) is 0.263. The van der Waals surface area contributed by atoms with Crippen molar-refractivity contribution >= 4 is 16.6 Å². The molecule has 0 aliphatic heterocycles. The van der Waals surface area contributed by atoms with Crippen molar-refractivity contribution in [2.45, 2.75) is 26.8 Å².